The third kappa shape index (κ3) is 3.69. The Balaban J connectivity index is 1.42. The highest BCUT2D eigenvalue weighted by molar-refractivity contribution is 6.00. The summed E-state index contributed by atoms with van der Waals surface area (Å²) >= 11 is 0. The maximum Gasteiger partial charge on any atom is 0.246 e. The van der Waals surface area contributed by atoms with E-state index in [1.54, 1.807) is 0 Å². The summed E-state index contributed by atoms with van der Waals surface area (Å²) in [5.41, 5.74) is 2.59. The number of para-hydroxylation sites is 1. The first-order chi connectivity index (χ1) is 15.6. The molecule has 2 fully saturated rings. The molecule has 1 aromatic heterocycles. The SMILES string of the molecule is CN1CCC2(CC1)C(=O)NC(Cc1ccccc1)C(=O)N2CCc1c[nH]c2ccccc12. The van der Waals surface area contributed by atoms with E-state index in [1.807, 2.05) is 53.6 Å². The quantitative estimate of drug-likeness (QED) is 0.654. The molecule has 2 aliphatic heterocycles. The lowest BCUT2D eigenvalue weighted by Crippen LogP contribution is -2.73. The van der Waals surface area contributed by atoms with Crippen LogP contribution in [0.1, 0.15) is 24.0 Å². The van der Waals surface area contributed by atoms with Gasteiger partial charge in [0.1, 0.15) is 11.6 Å². The Morgan fingerprint density at radius 3 is 2.50 bits per heavy atom. The van der Waals surface area contributed by atoms with Crippen LogP contribution in [-0.4, -0.2) is 64.9 Å². The second-order valence-corrected chi connectivity index (χ2v) is 9.15. The van der Waals surface area contributed by atoms with Gasteiger partial charge in [0, 0.05) is 43.2 Å². The van der Waals surface area contributed by atoms with E-state index < -0.39 is 11.6 Å². The number of hydrogen-bond donors (Lipinski definition) is 2. The van der Waals surface area contributed by atoms with Crippen molar-refractivity contribution < 1.29 is 9.59 Å². The van der Waals surface area contributed by atoms with Crippen LogP contribution in [0.3, 0.4) is 0 Å². The van der Waals surface area contributed by atoms with Crippen molar-refractivity contribution in [2.75, 3.05) is 26.7 Å². The fourth-order valence-electron chi connectivity index (χ4n) is 5.24. The van der Waals surface area contributed by atoms with Crippen LogP contribution < -0.4 is 5.32 Å². The van der Waals surface area contributed by atoms with Crippen LogP contribution in [0.4, 0.5) is 0 Å². The number of H-pyrrole nitrogens is 1. The molecule has 2 aromatic carbocycles. The Morgan fingerprint density at radius 1 is 1.00 bits per heavy atom. The number of nitrogens with zero attached hydrogens (tertiary/aromatic N) is 2. The lowest BCUT2D eigenvalue weighted by Gasteiger charge is -2.51. The maximum absolute atomic E-state index is 13.7. The zero-order chi connectivity index (χ0) is 22.1. The highest BCUT2D eigenvalue weighted by atomic mass is 16.2. The van der Waals surface area contributed by atoms with Crippen LogP contribution in [0.2, 0.25) is 0 Å². The summed E-state index contributed by atoms with van der Waals surface area (Å²) in [7, 11) is 2.07. The average Bonchev–Trinajstić information content (AvgIpc) is 3.23. The molecule has 6 heteroatoms. The number of carbonyl (C=O) groups excluding carboxylic acids is 2. The molecule has 1 atom stereocenters. The van der Waals surface area contributed by atoms with Crippen molar-refractivity contribution in [2.24, 2.45) is 0 Å². The number of piperazine rings is 1. The summed E-state index contributed by atoms with van der Waals surface area (Å²) in [6.45, 7) is 2.17. The van der Waals surface area contributed by atoms with Crippen LogP contribution >= 0.6 is 0 Å². The van der Waals surface area contributed by atoms with Crippen molar-refractivity contribution in [3.8, 4) is 0 Å². The molecule has 0 saturated carbocycles. The normalized spacial score (nSPS) is 21.3. The number of hydrogen-bond acceptors (Lipinski definition) is 3. The maximum atomic E-state index is 13.7. The third-order valence-electron chi connectivity index (χ3n) is 7.19. The molecule has 1 unspecified atom stereocenters. The van der Waals surface area contributed by atoms with Crippen molar-refractivity contribution in [3.05, 3.63) is 71.9 Å². The van der Waals surface area contributed by atoms with Crippen molar-refractivity contribution in [2.45, 2.75) is 37.3 Å². The third-order valence-corrected chi connectivity index (χ3v) is 7.19. The molecule has 2 N–H and O–H groups in total. The van der Waals surface area contributed by atoms with Gasteiger partial charge >= 0.3 is 0 Å². The molecule has 2 amide bonds. The van der Waals surface area contributed by atoms with Crippen molar-refractivity contribution >= 4 is 22.7 Å². The first-order valence-corrected chi connectivity index (χ1v) is 11.5. The number of likely N-dealkylation sites (tertiary alicyclic amines) is 1. The summed E-state index contributed by atoms with van der Waals surface area (Å²) in [4.78, 5) is 34.7. The molecule has 0 aliphatic carbocycles. The fourth-order valence-corrected chi connectivity index (χ4v) is 5.24. The topological polar surface area (TPSA) is 68.4 Å². The number of carbonyl (C=O) groups is 2. The van der Waals surface area contributed by atoms with Crippen molar-refractivity contribution in [1.82, 2.24) is 20.1 Å². The van der Waals surface area contributed by atoms with E-state index in [1.165, 1.54) is 10.9 Å². The molecule has 0 radical (unpaired) electrons. The van der Waals surface area contributed by atoms with Gasteiger partial charge in [-0.1, -0.05) is 48.5 Å². The van der Waals surface area contributed by atoms with Crippen LogP contribution in [0.25, 0.3) is 10.9 Å². The number of aromatic nitrogens is 1. The number of fused-ring (bicyclic) bond motifs is 1. The number of aromatic amines is 1. The van der Waals surface area contributed by atoms with Crippen LogP contribution in [0.15, 0.2) is 60.8 Å². The molecule has 5 rings (SSSR count). The molecular weight excluding hydrogens is 400 g/mol. The first kappa shape index (κ1) is 20.8. The molecule has 2 aliphatic rings. The summed E-state index contributed by atoms with van der Waals surface area (Å²) in [6.07, 6.45) is 4.62. The largest absolute Gasteiger partial charge is 0.361 e. The number of benzene rings is 2. The number of piperidine rings is 1. The standard InChI is InChI=1S/C26H30N4O2/c1-29-15-12-26(13-16-29)25(32)28-23(17-19-7-3-2-4-8-19)24(31)30(26)14-11-20-18-27-22-10-6-5-9-21(20)22/h2-10,18,23,27H,11-17H2,1H3,(H,28,32). The molecular formula is C26H30N4O2. The molecule has 1 spiro atoms. The molecule has 3 aromatic rings. The van der Waals surface area contributed by atoms with Gasteiger partial charge in [-0.2, -0.15) is 0 Å². The molecule has 0 bridgehead atoms. The molecule has 166 valence electrons. The predicted molar refractivity (Wildman–Crippen MR) is 125 cm³/mol. The minimum atomic E-state index is -0.747. The van der Waals surface area contributed by atoms with E-state index in [-0.39, 0.29) is 11.8 Å². The zero-order valence-electron chi connectivity index (χ0n) is 18.5. The van der Waals surface area contributed by atoms with Crippen molar-refractivity contribution in [3.63, 3.8) is 0 Å². The first-order valence-electron chi connectivity index (χ1n) is 11.5. The van der Waals surface area contributed by atoms with Gasteiger partial charge in [0.05, 0.1) is 0 Å². The minimum absolute atomic E-state index is 0.00468. The van der Waals surface area contributed by atoms with Gasteiger partial charge in [0.2, 0.25) is 11.8 Å². The highest BCUT2D eigenvalue weighted by Crippen LogP contribution is 2.33. The van der Waals surface area contributed by atoms with Crippen LogP contribution in [0.5, 0.6) is 0 Å². The molecule has 6 nitrogen and oxygen atoms in total. The Hall–Kier alpha value is -3.12. The Bertz CT molecular complexity index is 1120. The van der Waals surface area contributed by atoms with E-state index in [9.17, 15) is 9.59 Å². The van der Waals surface area contributed by atoms with Gasteiger partial charge in [-0.05, 0) is 43.5 Å². The smallest absolute Gasteiger partial charge is 0.246 e. The average molecular weight is 431 g/mol. The van der Waals surface area contributed by atoms with Crippen LogP contribution in [0, 0.1) is 0 Å². The Kier molecular flexibility index (Phi) is 5.47. The number of amides is 2. The van der Waals surface area contributed by atoms with E-state index in [0.717, 1.165) is 30.6 Å². The van der Waals surface area contributed by atoms with Gasteiger partial charge in [-0.25, -0.2) is 0 Å². The summed E-state index contributed by atoms with van der Waals surface area (Å²) in [6, 6.07) is 17.6. The monoisotopic (exact) mass is 430 g/mol. The van der Waals surface area contributed by atoms with E-state index >= 15 is 0 Å². The second kappa shape index (κ2) is 8.43. The summed E-state index contributed by atoms with van der Waals surface area (Å²) in [5, 5.41) is 4.27. The Morgan fingerprint density at radius 2 is 1.72 bits per heavy atom. The van der Waals surface area contributed by atoms with Crippen LogP contribution in [-0.2, 0) is 22.4 Å². The van der Waals surface area contributed by atoms with Gasteiger partial charge in [0.15, 0.2) is 0 Å². The number of nitrogens with one attached hydrogen (secondary N) is 2. The van der Waals surface area contributed by atoms with E-state index in [0.29, 0.717) is 25.8 Å². The van der Waals surface area contributed by atoms with E-state index in [4.69, 9.17) is 0 Å². The van der Waals surface area contributed by atoms with Crippen molar-refractivity contribution in [1.29, 1.82) is 0 Å². The summed E-state index contributed by atoms with van der Waals surface area (Å²) < 4.78 is 0. The fraction of sp³-hybridized carbons (Fsp3) is 0.385. The molecule has 32 heavy (non-hydrogen) atoms. The second-order valence-electron chi connectivity index (χ2n) is 9.15. The minimum Gasteiger partial charge on any atom is -0.361 e. The predicted octanol–water partition coefficient (Wildman–Crippen LogP) is 2.74. The van der Waals surface area contributed by atoms with Gasteiger partial charge in [-0.3, -0.25) is 9.59 Å². The van der Waals surface area contributed by atoms with Gasteiger partial charge < -0.3 is 20.1 Å². The molecule has 3 heterocycles. The molecule has 2 saturated heterocycles. The van der Waals surface area contributed by atoms with Gasteiger partial charge in [-0.15, -0.1) is 0 Å². The summed E-state index contributed by atoms with van der Waals surface area (Å²) in [5.74, 6) is 0.0444. The lowest BCUT2D eigenvalue weighted by molar-refractivity contribution is -0.160. The van der Waals surface area contributed by atoms with Gasteiger partial charge in [0.25, 0.3) is 0 Å². The van der Waals surface area contributed by atoms with E-state index in [2.05, 4.69) is 34.4 Å². The lowest BCUT2D eigenvalue weighted by atomic mass is 9.81. The Labute approximate surface area is 188 Å². The number of rotatable bonds is 5. The highest BCUT2D eigenvalue weighted by Gasteiger charge is 2.53. The zero-order valence-corrected chi connectivity index (χ0v) is 18.5.